The summed E-state index contributed by atoms with van der Waals surface area (Å²) in [4.78, 5) is 14.8. The van der Waals surface area contributed by atoms with Crippen molar-refractivity contribution in [1.82, 2.24) is 0 Å². The lowest BCUT2D eigenvalue weighted by Gasteiger charge is -2.13. The minimum absolute atomic E-state index is 0.540. The zero-order valence-electron chi connectivity index (χ0n) is 7.10. The predicted molar refractivity (Wildman–Crippen MR) is 58.2 cm³/mol. The molecule has 1 heterocycles. The molecule has 0 aliphatic heterocycles. The molecule has 1 aromatic heterocycles. The van der Waals surface area contributed by atoms with Crippen LogP contribution in [0.15, 0.2) is 15.5 Å². The van der Waals surface area contributed by atoms with Crippen molar-refractivity contribution in [2.75, 3.05) is 0 Å². The van der Waals surface area contributed by atoms with Crippen LogP contribution in [-0.2, 0) is 10.3 Å². The van der Waals surface area contributed by atoms with E-state index in [4.69, 9.17) is 11.6 Å². The van der Waals surface area contributed by atoms with Gasteiger partial charge in [-0.3, -0.25) is 0 Å². The molecular weight excluding hydrogens is 274 g/mol. The molecule has 0 aliphatic carbocycles. The van der Waals surface area contributed by atoms with Crippen molar-refractivity contribution in [3.8, 4) is 0 Å². The average molecular weight is 281 g/mol. The van der Waals surface area contributed by atoms with Crippen LogP contribution < -0.4 is 0 Å². The largest absolute Gasteiger partial charge is 0.235 e. The van der Waals surface area contributed by atoms with Crippen LogP contribution in [0, 0.1) is 0 Å². The summed E-state index contributed by atoms with van der Waals surface area (Å²) in [5.74, 6) is 0. The van der Waals surface area contributed by atoms with E-state index in [2.05, 4.69) is 20.9 Å². The van der Waals surface area contributed by atoms with E-state index in [1.807, 2.05) is 19.9 Å². The van der Waals surface area contributed by atoms with Crippen LogP contribution in [-0.4, -0.2) is 6.08 Å². The van der Waals surface area contributed by atoms with Crippen molar-refractivity contribution in [3.05, 3.63) is 19.8 Å². The van der Waals surface area contributed by atoms with Gasteiger partial charge in [0.05, 0.1) is 0 Å². The summed E-state index contributed by atoms with van der Waals surface area (Å²) in [6, 6.07) is 1.87. The maximum atomic E-state index is 10.2. The number of rotatable bonds is 2. The van der Waals surface area contributed by atoms with Crippen molar-refractivity contribution >= 4 is 44.9 Å². The van der Waals surface area contributed by atoms with Gasteiger partial charge >= 0.3 is 0 Å². The number of nitrogens with zero attached hydrogens (tertiary/aromatic N) is 1. The third-order valence-electron chi connectivity index (χ3n) is 1.57. The van der Waals surface area contributed by atoms with Gasteiger partial charge in [0.2, 0.25) is 6.08 Å². The Morgan fingerprint density at radius 3 is 2.69 bits per heavy atom. The molecule has 0 unspecified atom stereocenters. The van der Waals surface area contributed by atoms with E-state index in [1.165, 1.54) is 11.3 Å². The molecule has 0 saturated heterocycles. The van der Waals surface area contributed by atoms with Crippen molar-refractivity contribution in [3.63, 3.8) is 0 Å². The summed E-state index contributed by atoms with van der Waals surface area (Å²) in [5, 5.41) is 0. The van der Waals surface area contributed by atoms with Crippen molar-refractivity contribution in [1.29, 1.82) is 0 Å². The molecule has 0 spiro atoms. The molecule has 1 rings (SSSR count). The molecule has 2 nitrogen and oxygen atoms in total. The molecule has 0 fully saturated rings. The van der Waals surface area contributed by atoms with Gasteiger partial charge in [0.15, 0.2) is 0 Å². The number of hydrogen-bond donors (Lipinski definition) is 0. The fraction of sp³-hybridized carbons (Fsp3) is 0.375. The summed E-state index contributed by atoms with van der Waals surface area (Å²) in [7, 11) is 0. The molecule has 5 heteroatoms. The van der Waals surface area contributed by atoms with E-state index in [1.54, 1.807) is 6.08 Å². The highest BCUT2D eigenvalue weighted by atomic mass is 79.9. The molecule has 0 aliphatic rings. The van der Waals surface area contributed by atoms with Crippen LogP contribution >= 0.6 is 38.9 Å². The van der Waals surface area contributed by atoms with Crippen LogP contribution in [0.3, 0.4) is 0 Å². The fourth-order valence-electron chi connectivity index (χ4n) is 0.817. The topological polar surface area (TPSA) is 29.4 Å². The Morgan fingerprint density at radius 1 is 1.69 bits per heavy atom. The van der Waals surface area contributed by atoms with Crippen LogP contribution in [0.5, 0.6) is 0 Å². The molecule has 0 bridgehead atoms. The highest BCUT2D eigenvalue weighted by Gasteiger charge is 2.22. The van der Waals surface area contributed by atoms with Crippen LogP contribution in [0.1, 0.15) is 18.7 Å². The summed E-state index contributed by atoms with van der Waals surface area (Å²) >= 11 is 10.6. The number of halogens is 2. The first-order chi connectivity index (χ1) is 5.97. The molecule has 1 aromatic rings. The van der Waals surface area contributed by atoms with Crippen molar-refractivity contribution < 1.29 is 4.79 Å². The minimum atomic E-state index is -0.540. The van der Waals surface area contributed by atoms with Crippen LogP contribution in [0.25, 0.3) is 0 Å². The Balaban J connectivity index is 3.14. The zero-order chi connectivity index (χ0) is 10.1. The Kier molecular flexibility index (Phi) is 3.30. The first-order valence-electron chi connectivity index (χ1n) is 3.51. The number of aliphatic imine (C=N–C) groups is 1. The highest BCUT2D eigenvalue weighted by Crippen LogP contribution is 2.38. The van der Waals surface area contributed by atoms with Gasteiger partial charge < -0.3 is 0 Å². The van der Waals surface area contributed by atoms with Gasteiger partial charge in [-0.1, -0.05) is 11.6 Å². The summed E-state index contributed by atoms with van der Waals surface area (Å²) in [5.41, 5.74) is -0.540. The number of isocyanates is 1. The number of thiophene rings is 1. The second-order valence-corrected chi connectivity index (χ2v) is 5.50. The minimum Gasteiger partial charge on any atom is -0.211 e. The lowest BCUT2D eigenvalue weighted by atomic mass is 10.1. The first-order valence-corrected chi connectivity index (χ1v) is 5.50. The maximum Gasteiger partial charge on any atom is 0.235 e. The van der Waals surface area contributed by atoms with Crippen molar-refractivity contribution in [2.24, 2.45) is 4.99 Å². The second kappa shape index (κ2) is 3.93. The molecule has 0 saturated carbocycles. The monoisotopic (exact) mass is 279 g/mol. The van der Waals surface area contributed by atoms with E-state index >= 15 is 0 Å². The Hall–Kier alpha value is -0.150. The van der Waals surface area contributed by atoms with Gasteiger partial charge in [-0.2, -0.15) is 4.99 Å². The third kappa shape index (κ3) is 2.41. The number of carbonyl (C=O) groups excluding carboxylic acids is 1. The van der Waals surface area contributed by atoms with Gasteiger partial charge in [0.25, 0.3) is 0 Å². The molecule has 0 aromatic carbocycles. The summed E-state index contributed by atoms with van der Waals surface area (Å²) in [6.07, 6.45) is 1.56. The molecule has 70 valence electrons. The lowest BCUT2D eigenvalue weighted by molar-refractivity contribution is 0.528. The standard InChI is InChI=1S/C8H7BrClNOS/c1-8(2,11-4-12)6-3-5(9)7(10)13-6/h3H,1-2H3. The van der Waals surface area contributed by atoms with Gasteiger partial charge in [-0.15, -0.1) is 11.3 Å². The van der Waals surface area contributed by atoms with Gasteiger partial charge in [-0.05, 0) is 35.8 Å². The first kappa shape index (κ1) is 10.9. The van der Waals surface area contributed by atoms with Gasteiger partial charge in [0, 0.05) is 9.35 Å². The van der Waals surface area contributed by atoms with Crippen molar-refractivity contribution in [2.45, 2.75) is 19.4 Å². The highest BCUT2D eigenvalue weighted by molar-refractivity contribution is 9.10. The van der Waals surface area contributed by atoms with Gasteiger partial charge in [0.1, 0.15) is 9.88 Å². The lowest BCUT2D eigenvalue weighted by Crippen LogP contribution is -2.10. The molecule has 0 amide bonds. The Labute approximate surface area is 93.8 Å². The zero-order valence-corrected chi connectivity index (χ0v) is 10.3. The predicted octanol–water partition coefficient (Wildman–Crippen LogP) is 3.73. The molecule has 0 atom stereocenters. The number of hydrogen-bond acceptors (Lipinski definition) is 3. The SMILES string of the molecule is CC(C)(N=C=O)c1cc(Br)c(Cl)s1. The van der Waals surface area contributed by atoms with E-state index < -0.39 is 5.54 Å². The van der Waals surface area contributed by atoms with E-state index in [9.17, 15) is 4.79 Å². The molecule has 0 N–H and O–H groups in total. The molecular formula is C8H7BrClNOS. The normalized spacial score (nSPS) is 11.1. The van der Waals surface area contributed by atoms with Crippen LogP contribution in [0.2, 0.25) is 4.34 Å². The smallest absolute Gasteiger partial charge is 0.211 e. The fourth-order valence-corrected chi connectivity index (χ4v) is 2.57. The van der Waals surface area contributed by atoms with E-state index in [0.717, 1.165) is 9.35 Å². The van der Waals surface area contributed by atoms with Gasteiger partial charge in [-0.25, -0.2) is 4.79 Å². The van der Waals surface area contributed by atoms with Crippen LogP contribution in [0.4, 0.5) is 0 Å². The quantitative estimate of drug-likeness (QED) is 0.599. The average Bonchev–Trinajstić information content (AvgIpc) is 2.33. The Bertz CT molecular complexity index is 349. The summed E-state index contributed by atoms with van der Waals surface area (Å²) < 4.78 is 1.51. The molecule has 13 heavy (non-hydrogen) atoms. The van der Waals surface area contributed by atoms with E-state index in [0.29, 0.717) is 4.34 Å². The van der Waals surface area contributed by atoms with E-state index in [-0.39, 0.29) is 0 Å². The second-order valence-electron chi connectivity index (χ2n) is 2.99. The molecule has 0 radical (unpaired) electrons. The Morgan fingerprint density at radius 2 is 2.31 bits per heavy atom. The summed E-state index contributed by atoms with van der Waals surface area (Å²) in [6.45, 7) is 3.68. The third-order valence-corrected chi connectivity index (χ3v) is 4.36. The maximum absolute atomic E-state index is 10.2.